The summed E-state index contributed by atoms with van der Waals surface area (Å²) in [6.45, 7) is 3.29. The third-order valence-corrected chi connectivity index (χ3v) is 2.42. The first-order valence-corrected chi connectivity index (χ1v) is 5.64. The second kappa shape index (κ2) is 6.53. The largest absolute Gasteiger partial charge is 0.465 e. The van der Waals surface area contributed by atoms with Gasteiger partial charge in [0.25, 0.3) is 5.78 Å². The van der Waals surface area contributed by atoms with Crippen LogP contribution in [0.15, 0.2) is 0 Å². The van der Waals surface area contributed by atoms with Gasteiger partial charge in [0.15, 0.2) is 0 Å². The van der Waals surface area contributed by atoms with Gasteiger partial charge in [0.1, 0.15) is 0 Å². The van der Waals surface area contributed by atoms with Crippen LogP contribution in [0.4, 0.5) is 13.2 Å². The Morgan fingerprint density at radius 1 is 0.895 bits per heavy atom. The van der Waals surface area contributed by atoms with Crippen molar-refractivity contribution in [2.24, 2.45) is 5.41 Å². The van der Waals surface area contributed by atoms with E-state index in [1.54, 1.807) is 0 Å². The predicted octanol–water partition coefficient (Wildman–Crippen LogP) is 1.64. The van der Waals surface area contributed by atoms with Crippen LogP contribution in [0.1, 0.15) is 27.2 Å². The standard InChI is InChI=1S/C11H15F3O5/c1-4-10(8(16)18-5-2,9(17)19-6-3)7(15)11(12,13)14/h4-6H2,1-3H3. The van der Waals surface area contributed by atoms with Crippen LogP contribution in [-0.2, 0) is 23.9 Å². The summed E-state index contributed by atoms with van der Waals surface area (Å²) in [4.78, 5) is 34.7. The molecular weight excluding hydrogens is 269 g/mol. The monoisotopic (exact) mass is 284 g/mol. The summed E-state index contributed by atoms with van der Waals surface area (Å²) >= 11 is 0. The smallest absolute Gasteiger partial charge is 0.451 e. The van der Waals surface area contributed by atoms with Gasteiger partial charge in [-0.3, -0.25) is 14.4 Å². The van der Waals surface area contributed by atoms with Gasteiger partial charge < -0.3 is 9.47 Å². The van der Waals surface area contributed by atoms with Crippen LogP contribution in [0.5, 0.6) is 0 Å². The first-order valence-electron chi connectivity index (χ1n) is 5.64. The summed E-state index contributed by atoms with van der Waals surface area (Å²) in [5, 5.41) is 0. The molecule has 0 atom stereocenters. The number of carbonyl (C=O) groups is 3. The van der Waals surface area contributed by atoms with E-state index in [1.807, 2.05) is 0 Å². The molecule has 0 unspecified atom stereocenters. The van der Waals surface area contributed by atoms with Crippen LogP contribution in [-0.4, -0.2) is 37.1 Å². The quantitative estimate of drug-likeness (QED) is 0.548. The van der Waals surface area contributed by atoms with Crippen molar-refractivity contribution in [2.45, 2.75) is 33.4 Å². The third kappa shape index (κ3) is 3.45. The van der Waals surface area contributed by atoms with Gasteiger partial charge in [0.05, 0.1) is 13.2 Å². The molecule has 0 aromatic carbocycles. The number of ether oxygens (including phenoxy) is 2. The van der Waals surface area contributed by atoms with E-state index < -0.39 is 35.7 Å². The summed E-state index contributed by atoms with van der Waals surface area (Å²) in [6.07, 6.45) is -6.03. The zero-order valence-corrected chi connectivity index (χ0v) is 10.8. The molecule has 0 fully saturated rings. The number of rotatable bonds is 6. The maximum atomic E-state index is 12.6. The molecule has 0 aliphatic carbocycles. The number of ketones is 1. The van der Waals surface area contributed by atoms with Crippen molar-refractivity contribution >= 4 is 17.7 Å². The molecule has 5 nitrogen and oxygen atoms in total. The molecule has 0 aromatic heterocycles. The Bertz CT molecular complexity index is 344. The number of hydrogen-bond acceptors (Lipinski definition) is 5. The summed E-state index contributed by atoms with van der Waals surface area (Å²) < 4.78 is 46.5. The molecule has 110 valence electrons. The first-order chi connectivity index (χ1) is 8.68. The van der Waals surface area contributed by atoms with E-state index >= 15 is 0 Å². The zero-order chi connectivity index (χ0) is 15.3. The first kappa shape index (κ1) is 17.4. The number of Topliss-reactive ketones (excluding diaryl/α,β-unsaturated/α-hetero) is 1. The Balaban J connectivity index is 5.74. The highest BCUT2D eigenvalue weighted by atomic mass is 19.4. The molecule has 0 aromatic rings. The van der Waals surface area contributed by atoms with Crippen LogP contribution < -0.4 is 0 Å². The molecule has 0 aliphatic heterocycles. The Hall–Kier alpha value is -1.60. The molecule has 0 radical (unpaired) electrons. The van der Waals surface area contributed by atoms with Crippen LogP contribution in [0.3, 0.4) is 0 Å². The molecule has 0 aliphatic rings. The number of halogens is 3. The lowest BCUT2D eigenvalue weighted by atomic mass is 9.80. The summed E-state index contributed by atoms with van der Waals surface area (Å²) in [7, 11) is 0. The van der Waals surface area contributed by atoms with E-state index in [4.69, 9.17) is 0 Å². The van der Waals surface area contributed by atoms with Crippen molar-refractivity contribution in [3.63, 3.8) is 0 Å². The van der Waals surface area contributed by atoms with E-state index in [-0.39, 0.29) is 13.2 Å². The fourth-order valence-electron chi connectivity index (χ4n) is 1.47. The minimum atomic E-state index is -5.34. The average molecular weight is 284 g/mol. The van der Waals surface area contributed by atoms with Gasteiger partial charge in [-0.2, -0.15) is 13.2 Å². The van der Waals surface area contributed by atoms with E-state index in [1.165, 1.54) is 13.8 Å². The third-order valence-electron chi connectivity index (χ3n) is 2.42. The van der Waals surface area contributed by atoms with Crippen molar-refractivity contribution < 1.29 is 37.0 Å². The zero-order valence-electron chi connectivity index (χ0n) is 10.8. The molecule has 0 heterocycles. The van der Waals surface area contributed by atoms with Crippen LogP contribution >= 0.6 is 0 Å². The number of esters is 2. The fraction of sp³-hybridized carbons (Fsp3) is 0.727. The highest BCUT2D eigenvalue weighted by Crippen LogP contribution is 2.35. The SMILES string of the molecule is CCOC(=O)C(CC)(C(=O)OCC)C(=O)C(F)(F)F. The van der Waals surface area contributed by atoms with Crippen LogP contribution in [0.25, 0.3) is 0 Å². The van der Waals surface area contributed by atoms with E-state index in [2.05, 4.69) is 9.47 Å². The number of carbonyl (C=O) groups excluding carboxylic acids is 3. The van der Waals surface area contributed by atoms with Crippen molar-refractivity contribution in [1.29, 1.82) is 0 Å². The van der Waals surface area contributed by atoms with Crippen molar-refractivity contribution in [3.05, 3.63) is 0 Å². The number of alkyl halides is 3. The van der Waals surface area contributed by atoms with Crippen molar-refractivity contribution in [1.82, 2.24) is 0 Å². The van der Waals surface area contributed by atoms with Crippen molar-refractivity contribution in [3.8, 4) is 0 Å². The van der Waals surface area contributed by atoms with Crippen LogP contribution in [0.2, 0.25) is 0 Å². The maximum absolute atomic E-state index is 12.6. The van der Waals surface area contributed by atoms with Gasteiger partial charge in [0, 0.05) is 0 Å². The second-order valence-corrected chi connectivity index (χ2v) is 3.53. The van der Waals surface area contributed by atoms with Gasteiger partial charge in [-0.15, -0.1) is 0 Å². The lowest BCUT2D eigenvalue weighted by molar-refractivity contribution is -0.197. The number of hydrogen-bond donors (Lipinski definition) is 0. The Kier molecular flexibility index (Phi) is 5.98. The summed E-state index contributed by atoms with van der Waals surface area (Å²) in [6, 6.07) is 0. The van der Waals surface area contributed by atoms with Crippen molar-refractivity contribution in [2.75, 3.05) is 13.2 Å². The van der Waals surface area contributed by atoms with Crippen LogP contribution in [0, 0.1) is 5.41 Å². The molecule has 0 saturated carbocycles. The Morgan fingerprint density at radius 3 is 1.47 bits per heavy atom. The highest BCUT2D eigenvalue weighted by Gasteiger charge is 2.63. The fourth-order valence-corrected chi connectivity index (χ4v) is 1.47. The van der Waals surface area contributed by atoms with Gasteiger partial charge in [0.2, 0.25) is 5.41 Å². The van der Waals surface area contributed by atoms with Gasteiger partial charge >= 0.3 is 18.1 Å². The summed E-state index contributed by atoms with van der Waals surface area (Å²) in [5.74, 6) is -5.56. The minimum absolute atomic E-state index is 0.259. The molecule has 0 saturated heterocycles. The molecule has 0 N–H and O–H groups in total. The Morgan fingerprint density at radius 2 is 1.26 bits per heavy atom. The molecule has 0 spiro atoms. The molecular formula is C11H15F3O5. The predicted molar refractivity (Wildman–Crippen MR) is 57.1 cm³/mol. The molecule has 0 amide bonds. The lowest BCUT2D eigenvalue weighted by Crippen LogP contribution is -2.53. The topological polar surface area (TPSA) is 69.7 Å². The average Bonchev–Trinajstić information content (AvgIpc) is 2.30. The molecule has 8 heteroatoms. The maximum Gasteiger partial charge on any atom is 0.451 e. The van der Waals surface area contributed by atoms with Gasteiger partial charge in [-0.05, 0) is 20.3 Å². The van der Waals surface area contributed by atoms with E-state index in [0.717, 1.165) is 6.92 Å². The second-order valence-electron chi connectivity index (χ2n) is 3.53. The highest BCUT2D eigenvalue weighted by molar-refractivity contribution is 6.21. The Labute approximate surface area is 108 Å². The summed E-state index contributed by atoms with van der Waals surface area (Å²) in [5.41, 5.74) is -2.98. The molecule has 19 heavy (non-hydrogen) atoms. The normalized spacial score (nSPS) is 11.9. The molecule has 0 bridgehead atoms. The molecule has 0 rings (SSSR count). The van der Waals surface area contributed by atoms with E-state index in [9.17, 15) is 27.6 Å². The van der Waals surface area contributed by atoms with Gasteiger partial charge in [-0.25, -0.2) is 0 Å². The van der Waals surface area contributed by atoms with E-state index in [0.29, 0.717) is 0 Å². The minimum Gasteiger partial charge on any atom is -0.465 e. The lowest BCUT2D eigenvalue weighted by Gasteiger charge is -2.27. The van der Waals surface area contributed by atoms with Gasteiger partial charge in [-0.1, -0.05) is 6.92 Å².